The van der Waals surface area contributed by atoms with Crippen molar-refractivity contribution in [3.05, 3.63) is 60.2 Å². The zero-order valence-corrected chi connectivity index (χ0v) is 16.3. The molecule has 0 aliphatic carbocycles. The lowest BCUT2D eigenvalue weighted by Crippen LogP contribution is -2.41. The van der Waals surface area contributed by atoms with Crippen LogP contribution in [0.2, 0.25) is 0 Å². The van der Waals surface area contributed by atoms with Crippen molar-refractivity contribution in [2.24, 2.45) is 5.92 Å². The van der Waals surface area contributed by atoms with Gasteiger partial charge in [-0.3, -0.25) is 9.69 Å². The van der Waals surface area contributed by atoms with Gasteiger partial charge in [0.2, 0.25) is 5.91 Å². The lowest BCUT2D eigenvalue weighted by Gasteiger charge is -2.23. The van der Waals surface area contributed by atoms with Crippen molar-refractivity contribution in [3.8, 4) is 17.2 Å². The van der Waals surface area contributed by atoms with Crippen LogP contribution < -0.4 is 0 Å². The molecule has 2 aromatic rings. The molecule has 2 heterocycles. The minimum atomic E-state index is -0.216. The molecule has 2 aliphatic rings. The molecule has 0 spiro atoms. The van der Waals surface area contributed by atoms with Crippen LogP contribution in [0.15, 0.2) is 54.6 Å². The number of carbonyl (C=O) groups is 1. The van der Waals surface area contributed by atoms with Crippen molar-refractivity contribution in [1.29, 1.82) is 5.26 Å². The first-order valence-corrected chi connectivity index (χ1v) is 10.3. The Bertz CT molecular complexity index is 858. The molecule has 0 saturated carbocycles. The molecule has 0 radical (unpaired) electrons. The van der Waals surface area contributed by atoms with Crippen molar-refractivity contribution in [2.75, 3.05) is 26.2 Å². The van der Waals surface area contributed by atoms with Crippen LogP contribution in [0.5, 0.6) is 0 Å². The van der Waals surface area contributed by atoms with E-state index in [0.717, 1.165) is 45.3 Å². The zero-order valence-electron chi connectivity index (χ0n) is 16.3. The van der Waals surface area contributed by atoms with Gasteiger partial charge in [-0.1, -0.05) is 54.6 Å². The summed E-state index contributed by atoms with van der Waals surface area (Å²) in [6, 6.07) is 21.4. The maximum absolute atomic E-state index is 12.6. The van der Waals surface area contributed by atoms with Gasteiger partial charge in [-0.2, -0.15) is 5.26 Å². The molecule has 144 valence electrons. The normalized spacial score (nSPS) is 22.3. The van der Waals surface area contributed by atoms with E-state index in [-0.39, 0.29) is 11.9 Å². The highest BCUT2D eigenvalue weighted by Crippen LogP contribution is 2.25. The molecular formula is C24H27N3O. The molecule has 2 aromatic carbocycles. The van der Waals surface area contributed by atoms with Crippen molar-refractivity contribution < 1.29 is 4.79 Å². The van der Waals surface area contributed by atoms with Crippen LogP contribution in [0.3, 0.4) is 0 Å². The molecule has 4 nitrogen and oxygen atoms in total. The number of benzene rings is 2. The first kappa shape index (κ1) is 18.7. The third kappa shape index (κ3) is 4.26. The van der Waals surface area contributed by atoms with E-state index in [1.807, 2.05) is 6.07 Å². The van der Waals surface area contributed by atoms with E-state index in [2.05, 4.69) is 59.5 Å². The van der Waals surface area contributed by atoms with Gasteiger partial charge in [0.1, 0.15) is 6.04 Å². The molecule has 0 aromatic heterocycles. The topological polar surface area (TPSA) is 47.3 Å². The second-order valence-corrected chi connectivity index (χ2v) is 8.03. The smallest absolute Gasteiger partial charge is 0.237 e. The van der Waals surface area contributed by atoms with E-state index >= 15 is 0 Å². The summed E-state index contributed by atoms with van der Waals surface area (Å²) in [5, 5.41) is 9.20. The van der Waals surface area contributed by atoms with Crippen LogP contribution in [-0.2, 0) is 11.2 Å². The predicted octanol–water partition coefficient (Wildman–Crippen LogP) is 3.73. The Balaban J connectivity index is 1.33. The van der Waals surface area contributed by atoms with E-state index in [9.17, 15) is 10.1 Å². The maximum atomic E-state index is 12.6. The predicted molar refractivity (Wildman–Crippen MR) is 110 cm³/mol. The minimum absolute atomic E-state index is 0.121. The summed E-state index contributed by atoms with van der Waals surface area (Å²) < 4.78 is 0. The largest absolute Gasteiger partial charge is 0.326 e. The number of nitriles is 1. The number of hydrogen-bond donors (Lipinski definition) is 0. The second-order valence-electron chi connectivity index (χ2n) is 8.03. The minimum Gasteiger partial charge on any atom is -0.326 e. The standard InChI is InChI=1S/C24H27N3O/c25-16-23-10-5-12-27(23)24(28)18-26-13-11-20(17-26)14-19-6-4-9-22(15-19)21-7-2-1-3-8-21/h1-4,6-9,15,20,23H,5,10-14,17-18H2/t20-,23-/m0/s1. The highest BCUT2D eigenvalue weighted by atomic mass is 16.2. The van der Waals surface area contributed by atoms with E-state index in [1.165, 1.54) is 16.7 Å². The molecule has 4 heteroatoms. The van der Waals surface area contributed by atoms with Crippen LogP contribution in [0.1, 0.15) is 24.8 Å². The first-order valence-electron chi connectivity index (χ1n) is 10.3. The summed E-state index contributed by atoms with van der Waals surface area (Å²) in [6.07, 6.45) is 3.95. The second kappa shape index (κ2) is 8.58. The van der Waals surface area contributed by atoms with Crippen LogP contribution in [0, 0.1) is 17.2 Å². The van der Waals surface area contributed by atoms with Crippen LogP contribution in [-0.4, -0.2) is 47.9 Å². The molecule has 4 rings (SSSR count). The molecule has 2 saturated heterocycles. The summed E-state index contributed by atoms with van der Waals surface area (Å²) >= 11 is 0. The molecule has 0 bridgehead atoms. The van der Waals surface area contributed by atoms with Gasteiger partial charge in [0.05, 0.1) is 12.6 Å². The number of hydrogen-bond acceptors (Lipinski definition) is 3. The van der Waals surface area contributed by atoms with Crippen LogP contribution in [0.25, 0.3) is 11.1 Å². The molecule has 0 unspecified atom stereocenters. The van der Waals surface area contributed by atoms with E-state index in [4.69, 9.17) is 0 Å². The number of carbonyl (C=O) groups excluding carboxylic acids is 1. The molecule has 2 fully saturated rings. The van der Waals surface area contributed by atoms with E-state index in [0.29, 0.717) is 12.5 Å². The summed E-state index contributed by atoms with van der Waals surface area (Å²) in [7, 11) is 0. The van der Waals surface area contributed by atoms with Gasteiger partial charge in [-0.25, -0.2) is 0 Å². The Hall–Kier alpha value is -2.64. The first-order chi connectivity index (χ1) is 13.7. The Kier molecular flexibility index (Phi) is 5.73. The fraction of sp³-hybridized carbons (Fsp3) is 0.417. The number of amides is 1. The molecule has 28 heavy (non-hydrogen) atoms. The van der Waals surface area contributed by atoms with Gasteiger partial charge in [0, 0.05) is 13.1 Å². The van der Waals surface area contributed by atoms with E-state index in [1.54, 1.807) is 4.90 Å². The maximum Gasteiger partial charge on any atom is 0.237 e. The fourth-order valence-electron chi connectivity index (χ4n) is 4.55. The summed E-state index contributed by atoms with van der Waals surface area (Å²) in [4.78, 5) is 16.6. The molecule has 1 amide bonds. The number of nitrogens with zero attached hydrogens (tertiary/aromatic N) is 3. The number of likely N-dealkylation sites (tertiary alicyclic amines) is 2. The van der Waals surface area contributed by atoms with Crippen molar-refractivity contribution in [3.63, 3.8) is 0 Å². The fourth-order valence-corrected chi connectivity index (χ4v) is 4.55. The van der Waals surface area contributed by atoms with Gasteiger partial charge in [0.15, 0.2) is 0 Å². The highest BCUT2D eigenvalue weighted by Gasteiger charge is 2.31. The lowest BCUT2D eigenvalue weighted by atomic mass is 9.95. The van der Waals surface area contributed by atoms with Gasteiger partial charge >= 0.3 is 0 Å². The Morgan fingerprint density at radius 1 is 1.04 bits per heavy atom. The van der Waals surface area contributed by atoms with Gasteiger partial charge in [-0.05, 0) is 54.8 Å². The molecule has 2 aliphatic heterocycles. The highest BCUT2D eigenvalue weighted by molar-refractivity contribution is 5.79. The van der Waals surface area contributed by atoms with Gasteiger partial charge in [-0.15, -0.1) is 0 Å². The van der Waals surface area contributed by atoms with Crippen LogP contribution in [0.4, 0.5) is 0 Å². The molecule has 0 N–H and O–H groups in total. The lowest BCUT2D eigenvalue weighted by molar-refractivity contribution is -0.132. The Labute approximate surface area is 167 Å². The summed E-state index contributed by atoms with van der Waals surface area (Å²) in [5.41, 5.74) is 3.88. The third-order valence-corrected chi connectivity index (χ3v) is 6.01. The molecule has 2 atom stereocenters. The number of rotatable bonds is 5. The van der Waals surface area contributed by atoms with Gasteiger partial charge in [0.25, 0.3) is 0 Å². The van der Waals surface area contributed by atoms with Crippen molar-refractivity contribution in [1.82, 2.24) is 9.80 Å². The monoisotopic (exact) mass is 373 g/mol. The zero-order chi connectivity index (χ0) is 19.3. The average Bonchev–Trinajstić information content (AvgIpc) is 3.38. The SMILES string of the molecule is N#C[C@@H]1CCCN1C(=O)CN1CC[C@@H](Cc2cccc(-c3ccccc3)c2)C1. The average molecular weight is 374 g/mol. The Morgan fingerprint density at radius 2 is 1.86 bits per heavy atom. The summed E-state index contributed by atoms with van der Waals surface area (Å²) in [5.74, 6) is 0.708. The van der Waals surface area contributed by atoms with Crippen molar-refractivity contribution in [2.45, 2.75) is 31.7 Å². The quantitative estimate of drug-likeness (QED) is 0.802. The van der Waals surface area contributed by atoms with E-state index < -0.39 is 0 Å². The Morgan fingerprint density at radius 3 is 2.68 bits per heavy atom. The summed E-state index contributed by atoms with van der Waals surface area (Å²) in [6.45, 7) is 3.13. The van der Waals surface area contributed by atoms with Gasteiger partial charge < -0.3 is 4.90 Å². The third-order valence-electron chi connectivity index (χ3n) is 6.01. The molecular weight excluding hydrogens is 346 g/mol. The van der Waals surface area contributed by atoms with Crippen molar-refractivity contribution >= 4 is 5.91 Å². The van der Waals surface area contributed by atoms with Crippen LogP contribution >= 0.6 is 0 Å².